The van der Waals surface area contributed by atoms with E-state index in [-0.39, 0.29) is 33.2 Å². The molecule has 0 aromatic heterocycles. The zero-order valence-electron chi connectivity index (χ0n) is 13.1. The van der Waals surface area contributed by atoms with E-state index in [0.29, 0.717) is 11.3 Å². The Labute approximate surface area is 153 Å². The molecular formula is C18H13Cl2NO4. The average Bonchev–Trinajstić information content (AvgIpc) is 2.86. The lowest BCUT2D eigenvalue weighted by molar-refractivity contribution is -0.116. The number of fused-ring (bicyclic) bond motifs is 1. The number of carbonyl (C=O) groups is 3. The number of ketones is 1. The molecule has 0 radical (unpaired) electrons. The van der Waals surface area contributed by atoms with Gasteiger partial charge in [0.1, 0.15) is 0 Å². The maximum absolute atomic E-state index is 12.3. The Kier molecular flexibility index (Phi) is 4.79. The van der Waals surface area contributed by atoms with Gasteiger partial charge in [-0.2, -0.15) is 0 Å². The molecule has 0 spiro atoms. The van der Waals surface area contributed by atoms with Crippen molar-refractivity contribution in [2.45, 2.75) is 12.8 Å². The summed E-state index contributed by atoms with van der Waals surface area (Å²) in [5.74, 6) is -1.59. The molecule has 1 N–H and O–H groups in total. The zero-order valence-corrected chi connectivity index (χ0v) is 14.6. The molecule has 5 nitrogen and oxygen atoms in total. The van der Waals surface area contributed by atoms with Crippen LogP contribution in [0, 0.1) is 0 Å². The van der Waals surface area contributed by atoms with E-state index in [1.807, 2.05) is 0 Å². The molecule has 2 aromatic carbocycles. The van der Waals surface area contributed by atoms with Crippen LogP contribution in [0.5, 0.6) is 0 Å². The van der Waals surface area contributed by atoms with E-state index in [9.17, 15) is 14.4 Å². The van der Waals surface area contributed by atoms with Crippen molar-refractivity contribution in [3.8, 4) is 0 Å². The SMILES string of the molecule is C[C@@H]1C(=O)Nc2ccc(C(=O)COC(=O)c3c(Cl)cccc3Cl)cc21. The van der Waals surface area contributed by atoms with Crippen molar-refractivity contribution in [2.24, 2.45) is 0 Å². The molecule has 25 heavy (non-hydrogen) atoms. The van der Waals surface area contributed by atoms with Crippen LogP contribution in [-0.4, -0.2) is 24.3 Å². The van der Waals surface area contributed by atoms with Crippen LogP contribution in [-0.2, 0) is 9.53 Å². The molecule has 0 bridgehead atoms. The van der Waals surface area contributed by atoms with Crippen molar-refractivity contribution in [1.82, 2.24) is 0 Å². The van der Waals surface area contributed by atoms with E-state index in [2.05, 4.69) is 5.32 Å². The first-order chi connectivity index (χ1) is 11.9. The van der Waals surface area contributed by atoms with Gasteiger partial charge in [0.05, 0.1) is 21.5 Å². The number of amides is 1. The van der Waals surface area contributed by atoms with Crippen LogP contribution in [0.3, 0.4) is 0 Å². The number of nitrogens with one attached hydrogen (secondary N) is 1. The van der Waals surface area contributed by atoms with Gasteiger partial charge in [0.2, 0.25) is 5.91 Å². The first-order valence-electron chi connectivity index (χ1n) is 7.47. The van der Waals surface area contributed by atoms with Gasteiger partial charge >= 0.3 is 5.97 Å². The number of esters is 1. The van der Waals surface area contributed by atoms with Crippen LogP contribution >= 0.6 is 23.2 Å². The van der Waals surface area contributed by atoms with Gasteiger partial charge in [-0.15, -0.1) is 0 Å². The Bertz CT molecular complexity index is 874. The van der Waals surface area contributed by atoms with Crippen LogP contribution in [0.2, 0.25) is 10.0 Å². The van der Waals surface area contributed by atoms with E-state index in [1.54, 1.807) is 31.2 Å². The maximum Gasteiger partial charge on any atom is 0.341 e. The molecular weight excluding hydrogens is 365 g/mol. The van der Waals surface area contributed by atoms with Gasteiger partial charge in [0, 0.05) is 11.3 Å². The van der Waals surface area contributed by atoms with Crippen molar-refractivity contribution >= 4 is 46.5 Å². The minimum atomic E-state index is -0.768. The molecule has 1 atom stereocenters. The van der Waals surface area contributed by atoms with Crippen molar-refractivity contribution in [2.75, 3.05) is 11.9 Å². The molecule has 2 aromatic rings. The molecule has 0 saturated heterocycles. The second-order valence-corrected chi connectivity index (χ2v) is 6.42. The lowest BCUT2D eigenvalue weighted by atomic mass is 9.99. The average molecular weight is 378 g/mol. The maximum atomic E-state index is 12.3. The second-order valence-electron chi connectivity index (χ2n) is 5.61. The molecule has 1 aliphatic rings. The first kappa shape index (κ1) is 17.5. The molecule has 0 unspecified atom stereocenters. The molecule has 1 aliphatic heterocycles. The van der Waals surface area contributed by atoms with Crippen molar-refractivity contribution in [3.63, 3.8) is 0 Å². The monoisotopic (exact) mass is 377 g/mol. The second kappa shape index (κ2) is 6.86. The number of carbonyl (C=O) groups excluding carboxylic acids is 3. The topological polar surface area (TPSA) is 72.5 Å². The standard InChI is InChI=1S/C18H13Cl2NO4/c1-9-11-7-10(5-6-14(11)21-17(9)23)15(22)8-25-18(24)16-12(19)3-2-4-13(16)20/h2-7,9H,8H2,1H3,(H,21,23)/t9-/m0/s1. The minimum absolute atomic E-state index is 0.0241. The Hall–Kier alpha value is -2.37. The van der Waals surface area contributed by atoms with Gasteiger partial charge in [-0.25, -0.2) is 4.79 Å². The van der Waals surface area contributed by atoms with Crippen LogP contribution in [0.4, 0.5) is 5.69 Å². The third-order valence-electron chi connectivity index (χ3n) is 3.99. The number of ether oxygens (including phenoxy) is 1. The highest BCUT2D eigenvalue weighted by Gasteiger charge is 2.27. The summed E-state index contributed by atoms with van der Waals surface area (Å²) in [4.78, 5) is 36.1. The van der Waals surface area contributed by atoms with E-state index in [4.69, 9.17) is 27.9 Å². The predicted molar refractivity (Wildman–Crippen MR) is 94.6 cm³/mol. The summed E-state index contributed by atoms with van der Waals surface area (Å²) in [6.45, 7) is 1.31. The molecule has 0 fully saturated rings. The number of halogens is 2. The third-order valence-corrected chi connectivity index (χ3v) is 4.62. The fourth-order valence-electron chi connectivity index (χ4n) is 2.57. The van der Waals surface area contributed by atoms with Gasteiger partial charge in [-0.1, -0.05) is 29.3 Å². The van der Waals surface area contributed by atoms with E-state index < -0.39 is 12.6 Å². The molecule has 1 amide bonds. The normalized spacial score (nSPS) is 15.5. The van der Waals surface area contributed by atoms with Gasteiger partial charge in [-0.05, 0) is 42.8 Å². The Morgan fingerprint density at radius 2 is 1.84 bits per heavy atom. The number of Topliss-reactive ketones (excluding diaryl/α,β-unsaturated/α-hetero) is 1. The highest BCUT2D eigenvalue weighted by molar-refractivity contribution is 6.39. The summed E-state index contributed by atoms with van der Waals surface area (Å²) in [5.41, 5.74) is 1.82. The van der Waals surface area contributed by atoms with Crippen LogP contribution in [0.1, 0.15) is 39.1 Å². The van der Waals surface area contributed by atoms with E-state index in [1.165, 1.54) is 12.1 Å². The highest BCUT2D eigenvalue weighted by atomic mass is 35.5. The van der Waals surface area contributed by atoms with Crippen LogP contribution < -0.4 is 5.32 Å². The molecule has 1 heterocycles. The number of rotatable bonds is 4. The first-order valence-corrected chi connectivity index (χ1v) is 8.23. The minimum Gasteiger partial charge on any atom is -0.454 e. The number of hydrogen-bond donors (Lipinski definition) is 1. The van der Waals surface area contributed by atoms with E-state index >= 15 is 0 Å². The lowest BCUT2D eigenvalue weighted by Gasteiger charge is -2.08. The van der Waals surface area contributed by atoms with Gasteiger partial charge in [0.25, 0.3) is 0 Å². The summed E-state index contributed by atoms with van der Waals surface area (Å²) < 4.78 is 5.03. The quantitative estimate of drug-likeness (QED) is 0.643. The van der Waals surface area contributed by atoms with Crippen LogP contribution in [0.25, 0.3) is 0 Å². The van der Waals surface area contributed by atoms with Crippen molar-refractivity contribution in [1.29, 1.82) is 0 Å². The Balaban J connectivity index is 1.72. The highest BCUT2D eigenvalue weighted by Crippen LogP contribution is 2.32. The molecule has 3 rings (SSSR count). The Morgan fingerprint density at radius 1 is 1.16 bits per heavy atom. The predicted octanol–water partition coefficient (Wildman–Crippen LogP) is 4.09. The van der Waals surface area contributed by atoms with Gasteiger partial charge < -0.3 is 10.1 Å². The summed E-state index contributed by atoms with van der Waals surface area (Å²) in [5, 5.41) is 3.04. The van der Waals surface area contributed by atoms with Crippen LogP contribution in [0.15, 0.2) is 36.4 Å². The summed E-state index contributed by atoms with van der Waals surface area (Å²) in [7, 11) is 0. The molecule has 128 valence electrons. The molecule has 0 saturated carbocycles. The number of hydrogen-bond acceptors (Lipinski definition) is 4. The summed E-state index contributed by atoms with van der Waals surface area (Å²) in [6.07, 6.45) is 0. The zero-order chi connectivity index (χ0) is 18.1. The summed E-state index contributed by atoms with van der Waals surface area (Å²) in [6, 6.07) is 9.51. The fourth-order valence-corrected chi connectivity index (χ4v) is 3.12. The molecule has 0 aliphatic carbocycles. The third kappa shape index (κ3) is 3.38. The van der Waals surface area contributed by atoms with Crippen molar-refractivity contribution < 1.29 is 19.1 Å². The van der Waals surface area contributed by atoms with E-state index in [0.717, 1.165) is 5.56 Å². The smallest absolute Gasteiger partial charge is 0.341 e. The molecule has 7 heteroatoms. The Morgan fingerprint density at radius 3 is 2.52 bits per heavy atom. The fraction of sp³-hybridized carbons (Fsp3) is 0.167. The number of benzene rings is 2. The van der Waals surface area contributed by atoms with Gasteiger partial charge in [0.15, 0.2) is 12.4 Å². The van der Waals surface area contributed by atoms with Gasteiger partial charge in [-0.3, -0.25) is 9.59 Å². The largest absolute Gasteiger partial charge is 0.454 e. The summed E-state index contributed by atoms with van der Waals surface area (Å²) >= 11 is 11.9. The lowest BCUT2D eigenvalue weighted by Crippen LogP contribution is -2.15. The number of anilines is 1. The van der Waals surface area contributed by atoms with Crippen molar-refractivity contribution in [3.05, 3.63) is 63.1 Å².